The molecule has 1 aliphatic heterocycles. The number of carbonyl (C=O) groups excluding carboxylic acids is 2. The fraction of sp³-hybridized carbons (Fsp3) is 0.200. The molecule has 1 amide bonds. The Morgan fingerprint density at radius 2 is 1.78 bits per heavy atom. The largest absolute Gasteiger partial charge is 0.507 e. The quantitative estimate of drug-likeness (QED) is 0.332. The van der Waals surface area contributed by atoms with Crippen LogP contribution in [0.1, 0.15) is 33.2 Å². The van der Waals surface area contributed by atoms with Gasteiger partial charge in [-0.3, -0.25) is 14.5 Å². The van der Waals surface area contributed by atoms with Crippen molar-refractivity contribution >= 4 is 34.5 Å². The highest BCUT2D eigenvalue weighted by Crippen LogP contribution is 2.47. The summed E-state index contributed by atoms with van der Waals surface area (Å²) in [5, 5.41) is 23.7. The van der Waals surface area contributed by atoms with Crippen molar-refractivity contribution in [2.75, 3.05) is 12.0 Å². The lowest BCUT2D eigenvalue weighted by Gasteiger charge is -2.25. The van der Waals surface area contributed by atoms with E-state index in [1.807, 2.05) is 38.3 Å². The number of ketones is 1. The Bertz CT molecular complexity index is 1270. The van der Waals surface area contributed by atoms with Crippen LogP contribution in [0.5, 0.6) is 11.5 Å². The molecule has 3 aromatic rings. The number of carbonyl (C=O) groups is 2. The average molecular weight is 450 g/mol. The highest BCUT2D eigenvalue weighted by atomic mass is 32.1. The number of phenolic OH excluding ortho intramolecular Hbond substituents is 1. The number of ether oxygens (including phenoxy) is 1. The third-order valence-electron chi connectivity index (χ3n) is 5.61. The molecule has 32 heavy (non-hydrogen) atoms. The number of phenols is 1. The number of hydrogen-bond acceptors (Lipinski definition) is 6. The number of aliphatic hydroxyl groups is 1. The van der Waals surface area contributed by atoms with Gasteiger partial charge in [-0.05, 0) is 67.1 Å². The zero-order valence-corrected chi connectivity index (χ0v) is 19.0. The SMILES string of the molecule is COc1c(C)cc(C)cc1/C(O)=C1\C(=O)C(=O)N(c2ccccc2O)C1c1sccc1C. The van der Waals surface area contributed by atoms with Crippen molar-refractivity contribution in [1.82, 2.24) is 0 Å². The second-order valence-corrected chi connectivity index (χ2v) is 8.74. The van der Waals surface area contributed by atoms with Crippen LogP contribution in [0.2, 0.25) is 0 Å². The predicted octanol–water partition coefficient (Wildman–Crippen LogP) is 5.01. The minimum absolute atomic E-state index is 0.0351. The van der Waals surface area contributed by atoms with Crippen LogP contribution in [0, 0.1) is 20.8 Å². The topological polar surface area (TPSA) is 87.1 Å². The van der Waals surface area contributed by atoms with Crippen molar-refractivity contribution < 1.29 is 24.5 Å². The van der Waals surface area contributed by atoms with Crippen LogP contribution >= 0.6 is 11.3 Å². The minimum Gasteiger partial charge on any atom is -0.507 e. The van der Waals surface area contributed by atoms with E-state index in [2.05, 4.69) is 0 Å². The molecule has 0 saturated carbocycles. The van der Waals surface area contributed by atoms with Gasteiger partial charge in [0, 0.05) is 4.88 Å². The number of thiophene rings is 1. The van der Waals surface area contributed by atoms with Gasteiger partial charge in [0.1, 0.15) is 23.3 Å². The van der Waals surface area contributed by atoms with Gasteiger partial charge < -0.3 is 14.9 Å². The van der Waals surface area contributed by atoms with Gasteiger partial charge in [0.15, 0.2) is 0 Å². The number of Topliss-reactive ketones (excluding diaryl/α,β-unsaturated/α-hetero) is 1. The molecule has 1 aliphatic rings. The summed E-state index contributed by atoms with van der Waals surface area (Å²) < 4.78 is 5.51. The maximum Gasteiger partial charge on any atom is 0.300 e. The highest BCUT2D eigenvalue weighted by Gasteiger charge is 2.48. The Morgan fingerprint density at radius 3 is 2.41 bits per heavy atom. The van der Waals surface area contributed by atoms with E-state index in [0.717, 1.165) is 21.6 Å². The summed E-state index contributed by atoms with van der Waals surface area (Å²) >= 11 is 1.38. The number of para-hydroxylation sites is 2. The maximum atomic E-state index is 13.3. The first-order valence-electron chi connectivity index (χ1n) is 10.0. The number of anilines is 1. The first-order valence-corrected chi connectivity index (χ1v) is 10.9. The molecule has 0 aliphatic carbocycles. The summed E-state index contributed by atoms with van der Waals surface area (Å²) in [6.07, 6.45) is 0. The third-order valence-corrected chi connectivity index (χ3v) is 6.69. The van der Waals surface area contributed by atoms with Crippen LogP contribution in [0.4, 0.5) is 5.69 Å². The molecule has 164 valence electrons. The van der Waals surface area contributed by atoms with Crippen molar-refractivity contribution in [3.63, 3.8) is 0 Å². The molecular formula is C25H23NO5S. The molecule has 1 aromatic heterocycles. The molecule has 2 heterocycles. The van der Waals surface area contributed by atoms with Crippen molar-refractivity contribution in [2.45, 2.75) is 26.8 Å². The van der Waals surface area contributed by atoms with Gasteiger partial charge in [0.2, 0.25) is 0 Å². The van der Waals surface area contributed by atoms with Crippen LogP contribution in [-0.2, 0) is 9.59 Å². The van der Waals surface area contributed by atoms with Crippen molar-refractivity contribution in [1.29, 1.82) is 0 Å². The molecule has 0 spiro atoms. The number of rotatable bonds is 4. The number of hydrogen-bond donors (Lipinski definition) is 2. The Hall–Kier alpha value is -3.58. The number of amides is 1. The van der Waals surface area contributed by atoms with E-state index in [0.29, 0.717) is 11.3 Å². The fourth-order valence-corrected chi connectivity index (χ4v) is 5.23. The molecule has 1 atom stereocenters. The van der Waals surface area contributed by atoms with Gasteiger partial charge in [-0.15, -0.1) is 11.3 Å². The van der Waals surface area contributed by atoms with E-state index in [-0.39, 0.29) is 22.8 Å². The van der Waals surface area contributed by atoms with E-state index >= 15 is 0 Å². The summed E-state index contributed by atoms with van der Waals surface area (Å²) in [5.74, 6) is -1.62. The molecule has 1 unspecified atom stereocenters. The fourth-order valence-electron chi connectivity index (χ4n) is 4.21. The number of methoxy groups -OCH3 is 1. The zero-order chi connectivity index (χ0) is 23.2. The number of aliphatic hydroxyl groups excluding tert-OH is 1. The molecule has 1 fully saturated rings. The van der Waals surface area contributed by atoms with Gasteiger partial charge in [-0.25, -0.2) is 0 Å². The predicted molar refractivity (Wildman–Crippen MR) is 124 cm³/mol. The van der Waals surface area contributed by atoms with Crippen molar-refractivity contribution in [2.24, 2.45) is 0 Å². The van der Waals surface area contributed by atoms with E-state index in [4.69, 9.17) is 4.74 Å². The van der Waals surface area contributed by atoms with Gasteiger partial charge in [-0.2, -0.15) is 0 Å². The Morgan fingerprint density at radius 1 is 1.06 bits per heavy atom. The molecule has 2 N–H and O–H groups in total. The average Bonchev–Trinajstić information content (AvgIpc) is 3.28. The second kappa shape index (κ2) is 8.16. The lowest BCUT2D eigenvalue weighted by Crippen LogP contribution is -2.29. The summed E-state index contributed by atoms with van der Waals surface area (Å²) in [6.45, 7) is 5.61. The number of aromatic hydroxyl groups is 1. The third kappa shape index (κ3) is 3.35. The first-order chi connectivity index (χ1) is 15.3. The molecule has 6 nitrogen and oxygen atoms in total. The van der Waals surface area contributed by atoms with Crippen LogP contribution in [0.15, 0.2) is 53.4 Å². The normalized spacial score (nSPS) is 17.8. The lowest BCUT2D eigenvalue weighted by atomic mass is 9.95. The van der Waals surface area contributed by atoms with Crippen LogP contribution < -0.4 is 9.64 Å². The van der Waals surface area contributed by atoms with Gasteiger partial charge in [0.25, 0.3) is 11.7 Å². The van der Waals surface area contributed by atoms with Gasteiger partial charge >= 0.3 is 0 Å². The first kappa shape index (κ1) is 21.6. The highest BCUT2D eigenvalue weighted by molar-refractivity contribution is 7.10. The Labute approximate surface area is 190 Å². The Kier molecular flexibility index (Phi) is 5.52. The zero-order valence-electron chi connectivity index (χ0n) is 18.2. The number of nitrogens with zero attached hydrogens (tertiary/aromatic N) is 1. The lowest BCUT2D eigenvalue weighted by molar-refractivity contribution is -0.132. The molecule has 1 saturated heterocycles. The van der Waals surface area contributed by atoms with Crippen molar-refractivity contribution in [3.8, 4) is 11.5 Å². The van der Waals surface area contributed by atoms with E-state index in [9.17, 15) is 19.8 Å². The van der Waals surface area contributed by atoms with E-state index in [1.165, 1.54) is 29.4 Å². The Balaban J connectivity index is 2.03. The molecule has 7 heteroatoms. The van der Waals surface area contributed by atoms with Crippen LogP contribution in [0.25, 0.3) is 5.76 Å². The van der Waals surface area contributed by atoms with Crippen LogP contribution in [-0.4, -0.2) is 29.0 Å². The second-order valence-electron chi connectivity index (χ2n) is 7.79. The summed E-state index contributed by atoms with van der Waals surface area (Å²) in [7, 11) is 1.50. The monoisotopic (exact) mass is 449 g/mol. The van der Waals surface area contributed by atoms with Crippen LogP contribution in [0.3, 0.4) is 0 Å². The van der Waals surface area contributed by atoms with E-state index in [1.54, 1.807) is 24.3 Å². The molecule has 4 rings (SSSR count). The van der Waals surface area contributed by atoms with Gasteiger partial charge in [0.05, 0.1) is 23.9 Å². The molecule has 0 bridgehead atoms. The number of aryl methyl sites for hydroxylation is 3. The molecular weight excluding hydrogens is 426 g/mol. The minimum atomic E-state index is -0.881. The summed E-state index contributed by atoms with van der Waals surface area (Å²) in [5.41, 5.74) is 3.07. The maximum absolute atomic E-state index is 13.3. The molecule has 2 aromatic carbocycles. The van der Waals surface area contributed by atoms with Crippen molar-refractivity contribution in [3.05, 3.63) is 80.5 Å². The number of benzene rings is 2. The summed E-state index contributed by atoms with van der Waals surface area (Å²) in [4.78, 5) is 28.5. The van der Waals surface area contributed by atoms with Gasteiger partial charge in [-0.1, -0.05) is 18.2 Å². The summed E-state index contributed by atoms with van der Waals surface area (Å²) in [6, 6.07) is 11.0. The molecule has 0 radical (unpaired) electrons. The smallest absolute Gasteiger partial charge is 0.300 e. The van der Waals surface area contributed by atoms with E-state index < -0.39 is 17.7 Å². The standard InChI is InChI=1S/C25H23NO5S/c1-13-11-15(3)23(31-4)16(12-13)21(28)19-20(24-14(2)9-10-32-24)26(25(30)22(19)29)17-7-5-6-8-18(17)27/h5-12,20,27-28H,1-4H3/b21-19+.